The monoisotopic (exact) mass is 450 g/mol. The average Bonchev–Trinajstić information content (AvgIpc) is 3.40. The topological polar surface area (TPSA) is 59.1 Å². The Bertz CT molecular complexity index is 1400. The van der Waals surface area contributed by atoms with Crippen molar-refractivity contribution in [3.05, 3.63) is 103 Å². The normalized spacial score (nSPS) is 21.9. The molecule has 168 valence electrons. The van der Waals surface area contributed by atoms with Crippen molar-refractivity contribution in [1.82, 2.24) is 0 Å². The van der Waals surface area contributed by atoms with Crippen LogP contribution in [0.4, 0.5) is 11.4 Å². The van der Waals surface area contributed by atoms with Crippen LogP contribution in [0.15, 0.2) is 97.1 Å². The van der Waals surface area contributed by atoms with Crippen molar-refractivity contribution in [2.45, 2.75) is 12.1 Å². The van der Waals surface area contributed by atoms with E-state index in [2.05, 4.69) is 0 Å². The lowest BCUT2D eigenvalue weighted by molar-refractivity contribution is -0.126. The number of carbonyl (C=O) groups is 2. The molecule has 2 aliphatic heterocycles. The van der Waals surface area contributed by atoms with Gasteiger partial charge in [-0.15, -0.1) is 0 Å². The third-order valence-electron chi connectivity index (χ3n) is 6.57. The number of hydroxylamine groups is 1. The number of carbonyl (C=O) groups excluding carboxylic acids is 2. The number of hydrogen-bond donors (Lipinski definition) is 0. The fraction of sp³-hybridized carbons (Fsp3) is 0.143. The molecule has 2 aliphatic rings. The molecule has 2 saturated heterocycles. The predicted octanol–water partition coefficient (Wildman–Crippen LogP) is 4.90. The molecule has 2 heterocycles. The minimum Gasteiger partial charge on any atom is -0.497 e. The summed E-state index contributed by atoms with van der Waals surface area (Å²) < 4.78 is 5.43. The van der Waals surface area contributed by atoms with E-state index in [1.165, 1.54) is 4.90 Å². The van der Waals surface area contributed by atoms with E-state index >= 15 is 0 Å². The highest BCUT2D eigenvalue weighted by Crippen LogP contribution is 2.48. The second kappa shape index (κ2) is 8.01. The number of anilines is 2. The molecule has 6 heteroatoms. The Kier molecular flexibility index (Phi) is 4.81. The number of amides is 2. The number of imide groups is 1. The van der Waals surface area contributed by atoms with Crippen molar-refractivity contribution in [2.24, 2.45) is 5.92 Å². The summed E-state index contributed by atoms with van der Waals surface area (Å²) in [5, 5.41) is 3.51. The van der Waals surface area contributed by atoms with Crippen molar-refractivity contribution in [3.8, 4) is 5.75 Å². The van der Waals surface area contributed by atoms with Gasteiger partial charge >= 0.3 is 0 Å². The molecule has 34 heavy (non-hydrogen) atoms. The number of nitrogens with zero attached hydrogens (tertiary/aromatic N) is 2. The number of fused-ring (bicyclic) bond motifs is 2. The first-order chi connectivity index (χ1) is 16.7. The molecule has 0 radical (unpaired) electrons. The Labute approximate surface area is 196 Å². The van der Waals surface area contributed by atoms with Gasteiger partial charge in [0.05, 0.1) is 24.5 Å². The van der Waals surface area contributed by atoms with Gasteiger partial charge in [-0.1, -0.05) is 66.7 Å². The first-order valence-electron chi connectivity index (χ1n) is 11.2. The lowest BCUT2D eigenvalue weighted by atomic mass is 9.90. The molecule has 0 unspecified atom stereocenters. The number of ether oxygens (including phenoxy) is 1. The molecule has 4 aromatic rings. The number of methoxy groups -OCH3 is 1. The van der Waals surface area contributed by atoms with Crippen LogP contribution in [0.1, 0.15) is 11.6 Å². The Morgan fingerprint density at radius 2 is 1.53 bits per heavy atom. The standard InChI is InChI=1S/C28H22N2O4/c1-33-21-14-7-11-19(17-21)25-24-26(34-30(25)20-12-3-2-4-13-20)28(32)29(27(24)31)23-16-8-10-18-9-5-6-15-22(18)23/h2-17,24-26H,1H3/t24-,25+,26-/m0/s1. The van der Waals surface area contributed by atoms with Gasteiger partial charge < -0.3 is 4.74 Å². The summed E-state index contributed by atoms with van der Waals surface area (Å²) in [4.78, 5) is 35.1. The third-order valence-corrected chi connectivity index (χ3v) is 6.57. The van der Waals surface area contributed by atoms with E-state index in [1.54, 1.807) is 12.2 Å². The van der Waals surface area contributed by atoms with Crippen molar-refractivity contribution in [2.75, 3.05) is 17.1 Å². The van der Waals surface area contributed by atoms with Gasteiger partial charge in [0.15, 0.2) is 6.10 Å². The maximum atomic E-state index is 13.9. The van der Waals surface area contributed by atoms with Gasteiger partial charge in [0.2, 0.25) is 5.91 Å². The Morgan fingerprint density at radius 1 is 0.794 bits per heavy atom. The lowest BCUT2D eigenvalue weighted by Gasteiger charge is -2.29. The number of rotatable bonds is 4. The van der Waals surface area contributed by atoms with Gasteiger partial charge in [-0.2, -0.15) is 0 Å². The Balaban J connectivity index is 1.47. The van der Waals surface area contributed by atoms with Crippen molar-refractivity contribution in [1.29, 1.82) is 0 Å². The largest absolute Gasteiger partial charge is 0.497 e. The minimum absolute atomic E-state index is 0.266. The quantitative estimate of drug-likeness (QED) is 0.414. The minimum atomic E-state index is -0.914. The third kappa shape index (κ3) is 3.07. The summed E-state index contributed by atoms with van der Waals surface area (Å²) in [7, 11) is 1.61. The SMILES string of the molecule is COc1cccc([C@@H]2[C@@H]3C(=O)N(c4cccc5ccccc45)C(=O)[C@H]3ON2c2ccccc2)c1. The van der Waals surface area contributed by atoms with Crippen LogP contribution in [0.25, 0.3) is 10.8 Å². The van der Waals surface area contributed by atoms with Gasteiger partial charge in [0.25, 0.3) is 5.91 Å². The maximum Gasteiger partial charge on any atom is 0.266 e. The molecule has 0 aliphatic carbocycles. The zero-order valence-electron chi connectivity index (χ0n) is 18.5. The highest BCUT2D eigenvalue weighted by Gasteiger charge is 2.60. The zero-order chi connectivity index (χ0) is 23.2. The highest BCUT2D eigenvalue weighted by atomic mass is 16.7. The first-order valence-corrected chi connectivity index (χ1v) is 11.2. The molecule has 6 nitrogen and oxygen atoms in total. The van der Waals surface area contributed by atoms with E-state index in [-0.39, 0.29) is 11.8 Å². The summed E-state index contributed by atoms with van der Waals surface area (Å²) in [5.74, 6) is -0.634. The van der Waals surface area contributed by atoms with Crippen LogP contribution < -0.4 is 14.7 Å². The van der Waals surface area contributed by atoms with E-state index in [9.17, 15) is 9.59 Å². The molecule has 2 amide bonds. The van der Waals surface area contributed by atoms with Crippen LogP contribution in [0, 0.1) is 5.92 Å². The second-order valence-corrected chi connectivity index (χ2v) is 8.44. The van der Waals surface area contributed by atoms with Crippen molar-refractivity contribution in [3.63, 3.8) is 0 Å². The first kappa shape index (κ1) is 20.4. The van der Waals surface area contributed by atoms with E-state index < -0.39 is 18.1 Å². The molecule has 6 rings (SSSR count). The number of hydrogen-bond acceptors (Lipinski definition) is 5. The van der Waals surface area contributed by atoms with E-state index in [0.29, 0.717) is 11.4 Å². The maximum absolute atomic E-state index is 13.9. The van der Waals surface area contributed by atoms with Gasteiger partial charge in [0.1, 0.15) is 11.7 Å². The van der Waals surface area contributed by atoms with Gasteiger partial charge in [-0.25, -0.2) is 9.96 Å². The predicted molar refractivity (Wildman–Crippen MR) is 129 cm³/mol. The van der Waals surface area contributed by atoms with Crippen LogP contribution in [0.5, 0.6) is 5.75 Å². The van der Waals surface area contributed by atoms with Crippen LogP contribution >= 0.6 is 0 Å². The molecule has 0 bridgehead atoms. The highest BCUT2D eigenvalue weighted by molar-refractivity contribution is 6.26. The smallest absolute Gasteiger partial charge is 0.266 e. The average molecular weight is 450 g/mol. The molecule has 2 fully saturated rings. The van der Waals surface area contributed by atoms with Crippen LogP contribution in [-0.4, -0.2) is 25.0 Å². The molecular weight excluding hydrogens is 428 g/mol. The Morgan fingerprint density at radius 3 is 2.35 bits per heavy atom. The molecule has 0 spiro atoms. The lowest BCUT2D eigenvalue weighted by Crippen LogP contribution is -2.37. The van der Waals surface area contributed by atoms with Crippen LogP contribution in [0.3, 0.4) is 0 Å². The fourth-order valence-corrected chi connectivity index (χ4v) is 5.02. The summed E-state index contributed by atoms with van der Waals surface area (Å²) in [5.41, 5.74) is 2.21. The molecular formula is C28H22N2O4. The Hall–Kier alpha value is -4.16. The molecule has 0 saturated carbocycles. The van der Waals surface area contributed by atoms with E-state index in [0.717, 1.165) is 22.0 Å². The summed E-state index contributed by atoms with van der Waals surface area (Å²) >= 11 is 0. The number of para-hydroxylation sites is 1. The van der Waals surface area contributed by atoms with Crippen LogP contribution in [0.2, 0.25) is 0 Å². The van der Waals surface area contributed by atoms with Crippen molar-refractivity contribution < 1.29 is 19.2 Å². The molecule has 4 aromatic carbocycles. The second-order valence-electron chi connectivity index (χ2n) is 8.44. The van der Waals surface area contributed by atoms with Crippen molar-refractivity contribution >= 4 is 34.0 Å². The van der Waals surface area contributed by atoms with Gasteiger partial charge in [-0.05, 0) is 41.3 Å². The molecule has 0 aromatic heterocycles. The van der Waals surface area contributed by atoms with Crippen LogP contribution in [-0.2, 0) is 14.4 Å². The summed E-state index contributed by atoms with van der Waals surface area (Å²) in [6, 6.07) is 30.0. The zero-order valence-corrected chi connectivity index (χ0v) is 18.5. The number of benzene rings is 4. The van der Waals surface area contributed by atoms with Gasteiger partial charge in [-0.3, -0.25) is 14.4 Å². The molecule has 0 N–H and O–H groups in total. The van der Waals surface area contributed by atoms with E-state index in [1.807, 2.05) is 97.1 Å². The van der Waals surface area contributed by atoms with E-state index in [4.69, 9.17) is 9.57 Å². The van der Waals surface area contributed by atoms with Gasteiger partial charge in [0, 0.05) is 5.39 Å². The summed E-state index contributed by atoms with van der Waals surface area (Å²) in [6.07, 6.45) is -0.914. The summed E-state index contributed by atoms with van der Waals surface area (Å²) in [6.45, 7) is 0. The fourth-order valence-electron chi connectivity index (χ4n) is 5.02. The molecule has 3 atom stereocenters.